The zero-order chi connectivity index (χ0) is 13.5. The van der Waals surface area contributed by atoms with E-state index in [4.69, 9.17) is 10.5 Å². The number of nitrogens with two attached hydrogens (primary N) is 1. The first-order chi connectivity index (χ1) is 8.60. The molecule has 1 rings (SSSR count). The molecule has 2 N–H and O–H groups in total. The molecule has 0 aliphatic carbocycles. The maximum Gasteiger partial charge on any atom is 0.337 e. The Hall–Kier alpha value is -2.15. The van der Waals surface area contributed by atoms with Crippen LogP contribution in [0.5, 0.6) is 5.75 Å². The summed E-state index contributed by atoms with van der Waals surface area (Å²) in [6.45, 7) is 0.673. The summed E-state index contributed by atoms with van der Waals surface area (Å²) in [6.07, 6.45) is 0.569. The van der Waals surface area contributed by atoms with Crippen LogP contribution in [0.25, 0.3) is 0 Å². The quantitative estimate of drug-likeness (QED) is 0.353. The molecule has 7 nitrogen and oxygen atoms in total. The molecular formula is C11H14N2O5. The lowest BCUT2D eigenvalue weighted by Crippen LogP contribution is -2.08. The Labute approximate surface area is 104 Å². The van der Waals surface area contributed by atoms with Gasteiger partial charge in [0.1, 0.15) is 0 Å². The van der Waals surface area contributed by atoms with Crippen molar-refractivity contribution < 1.29 is 19.2 Å². The standard InChI is InChI=1S/C11H14N2O5/c1-17-11(14)8-3-4-9(13(15)16)10(7-8)18-6-2-5-12/h3-4,7H,2,5-6,12H2,1H3. The number of hydrogen-bond acceptors (Lipinski definition) is 6. The molecule has 0 aliphatic heterocycles. The first kappa shape index (κ1) is 13.9. The lowest BCUT2D eigenvalue weighted by Gasteiger charge is -2.07. The number of methoxy groups -OCH3 is 1. The van der Waals surface area contributed by atoms with Crippen LogP contribution in [0.1, 0.15) is 16.8 Å². The highest BCUT2D eigenvalue weighted by Gasteiger charge is 2.18. The normalized spacial score (nSPS) is 9.89. The third kappa shape index (κ3) is 3.42. The van der Waals surface area contributed by atoms with Gasteiger partial charge in [-0.15, -0.1) is 0 Å². The van der Waals surface area contributed by atoms with E-state index in [0.29, 0.717) is 13.0 Å². The van der Waals surface area contributed by atoms with E-state index >= 15 is 0 Å². The molecule has 0 heterocycles. The minimum atomic E-state index is -0.575. The smallest absolute Gasteiger partial charge is 0.337 e. The van der Waals surface area contributed by atoms with Crippen LogP contribution in [0.3, 0.4) is 0 Å². The first-order valence-corrected chi connectivity index (χ1v) is 5.29. The largest absolute Gasteiger partial charge is 0.487 e. The zero-order valence-corrected chi connectivity index (χ0v) is 9.92. The molecular weight excluding hydrogens is 240 g/mol. The SMILES string of the molecule is COC(=O)c1ccc([N+](=O)[O-])c(OCCCN)c1. The summed E-state index contributed by atoms with van der Waals surface area (Å²) in [5, 5.41) is 10.8. The van der Waals surface area contributed by atoms with Gasteiger partial charge in [0.25, 0.3) is 0 Å². The Morgan fingerprint density at radius 1 is 1.50 bits per heavy atom. The maximum atomic E-state index is 11.3. The summed E-state index contributed by atoms with van der Waals surface area (Å²) in [5.74, 6) is -0.537. The van der Waals surface area contributed by atoms with Crippen LogP contribution < -0.4 is 10.5 Å². The second-order valence-electron chi connectivity index (χ2n) is 3.42. The topological polar surface area (TPSA) is 105 Å². The second-order valence-corrected chi connectivity index (χ2v) is 3.42. The molecule has 0 radical (unpaired) electrons. The number of nitrogens with zero attached hydrogens (tertiary/aromatic N) is 1. The van der Waals surface area contributed by atoms with E-state index in [2.05, 4.69) is 4.74 Å². The van der Waals surface area contributed by atoms with Gasteiger partial charge in [0.2, 0.25) is 0 Å². The Kier molecular flexibility index (Phi) is 5.06. The van der Waals surface area contributed by atoms with E-state index < -0.39 is 10.9 Å². The molecule has 0 unspecified atom stereocenters. The van der Waals surface area contributed by atoms with E-state index in [1.54, 1.807) is 0 Å². The van der Waals surface area contributed by atoms with Crippen molar-refractivity contribution in [2.45, 2.75) is 6.42 Å². The van der Waals surface area contributed by atoms with Crippen LogP contribution in [0.15, 0.2) is 18.2 Å². The Balaban J connectivity index is 2.99. The van der Waals surface area contributed by atoms with Gasteiger partial charge >= 0.3 is 11.7 Å². The number of rotatable bonds is 6. The summed E-state index contributed by atoms with van der Waals surface area (Å²) in [6, 6.07) is 3.82. The molecule has 1 aromatic carbocycles. The summed E-state index contributed by atoms with van der Waals surface area (Å²) in [5.41, 5.74) is 5.31. The third-order valence-electron chi connectivity index (χ3n) is 2.18. The van der Waals surface area contributed by atoms with Crippen molar-refractivity contribution in [2.75, 3.05) is 20.3 Å². The number of nitro groups is 1. The number of carbonyl (C=O) groups excluding carboxylic acids is 1. The minimum absolute atomic E-state index is 0.0383. The van der Waals surface area contributed by atoms with Crippen LogP contribution in [-0.2, 0) is 4.74 Å². The van der Waals surface area contributed by atoms with Crippen LogP contribution in [-0.4, -0.2) is 31.2 Å². The lowest BCUT2D eigenvalue weighted by molar-refractivity contribution is -0.385. The summed E-state index contributed by atoms with van der Waals surface area (Å²) in [4.78, 5) is 21.5. The highest BCUT2D eigenvalue weighted by atomic mass is 16.6. The number of benzene rings is 1. The third-order valence-corrected chi connectivity index (χ3v) is 2.18. The maximum absolute atomic E-state index is 11.3. The van der Waals surface area contributed by atoms with Gasteiger partial charge in [-0.05, 0) is 19.0 Å². The average Bonchev–Trinajstić information content (AvgIpc) is 2.37. The molecule has 0 atom stereocenters. The predicted molar refractivity (Wildman–Crippen MR) is 63.6 cm³/mol. The van der Waals surface area contributed by atoms with Crippen molar-refractivity contribution in [1.82, 2.24) is 0 Å². The van der Waals surface area contributed by atoms with Crippen LogP contribution >= 0.6 is 0 Å². The Bertz CT molecular complexity index is 447. The van der Waals surface area contributed by atoms with E-state index in [-0.39, 0.29) is 23.6 Å². The van der Waals surface area contributed by atoms with Gasteiger partial charge < -0.3 is 15.2 Å². The number of ether oxygens (including phenoxy) is 2. The van der Waals surface area contributed by atoms with Crippen molar-refractivity contribution in [3.63, 3.8) is 0 Å². The monoisotopic (exact) mass is 254 g/mol. The minimum Gasteiger partial charge on any atom is -0.487 e. The highest BCUT2D eigenvalue weighted by Crippen LogP contribution is 2.28. The number of nitro benzene ring substituents is 1. The predicted octanol–water partition coefficient (Wildman–Crippen LogP) is 1.11. The molecule has 0 spiro atoms. The average molecular weight is 254 g/mol. The Morgan fingerprint density at radius 2 is 2.22 bits per heavy atom. The second kappa shape index (κ2) is 6.55. The fourth-order valence-corrected chi connectivity index (χ4v) is 1.29. The van der Waals surface area contributed by atoms with Crippen molar-refractivity contribution in [3.05, 3.63) is 33.9 Å². The van der Waals surface area contributed by atoms with Gasteiger partial charge in [-0.1, -0.05) is 0 Å². The van der Waals surface area contributed by atoms with E-state index in [0.717, 1.165) is 0 Å². The van der Waals surface area contributed by atoms with E-state index in [1.165, 1.54) is 25.3 Å². The highest BCUT2D eigenvalue weighted by molar-refractivity contribution is 5.90. The summed E-state index contributed by atoms with van der Waals surface area (Å²) < 4.78 is 9.78. The fraction of sp³-hybridized carbons (Fsp3) is 0.364. The number of carbonyl (C=O) groups is 1. The molecule has 0 amide bonds. The fourth-order valence-electron chi connectivity index (χ4n) is 1.29. The van der Waals surface area contributed by atoms with Crippen LogP contribution in [0.2, 0.25) is 0 Å². The number of hydrogen-bond donors (Lipinski definition) is 1. The molecule has 18 heavy (non-hydrogen) atoms. The molecule has 0 saturated heterocycles. The van der Waals surface area contributed by atoms with Crippen molar-refractivity contribution in [3.8, 4) is 5.75 Å². The molecule has 0 aliphatic rings. The lowest BCUT2D eigenvalue weighted by atomic mass is 10.2. The van der Waals surface area contributed by atoms with Gasteiger partial charge in [0.05, 0.1) is 24.2 Å². The van der Waals surface area contributed by atoms with Crippen LogP contribution in [0, 0.1) is 10.1 Å². The summed E-state index contributed by atoms with van der Waals surface area (Å²) in [7, 11) is 1.23. The van der Waals surface area contributed by atoms with Crippen molar-refractivity contribution in [2.24, 2.45) is 5.73 Å². The zero-order valence-electron chi connectivity index (χ0n) is 9.92. The molecule has 0 fully saturated rings. The van der Waals surface area contributed by atoms with E-state index in [1.807, 2.05) is 0 Å². The van der Waals surface area contributed by atoms with Crippen molar-refractivity contribution in [1.29, 1.82) is 0 Å². The first-order valence-electron chi connectivity index (χ1n) is 5.29. The molecule has 0 bridgehead atoms. The molecule has 1 aromatic rings. The van der Waals surface area contributed by atoms with Gasteiger partial charge in [-0.2, -0.15) is 0 Å². The summed E-state index contributed by atoms with van der Waals surface area (Å²) >= 11 is 0. The molecule has 0 saturated carbocycles. The Morgan fingerprint density at radius 3 is 2.78 bits per heavy atom. The number of esters is 1. The molecule has 0 aromatic heterocycles. The van der Waals surface area contributed by atoms with Crippen LogP contribution in [0.4, 0.5) is 5.69 Å². The van der Waals surface area contributed by atoms with E-state index in [9.17, 15) is 14.9 Å². The molecule has 98 valence electrons. The van der Waals surface area contributed by atoms with Gasteiger partial charge in [0.15, 0.2) is 5.75 Å². The molecule has 7 heteroatoms. The van der Waals surface area contributed by atoms with Gasteiger partial charge in [0, 0.05) is 12.1 Å². The van der Waals surface area contributed by atoms with Gasteiger partial charge in [-0.25, -0.2) is 4.79 Å². The van der Waals surface area contributed by atoms with Crippen molar-refractivity contribution >= 4 is 11.7 Å². The van der Waals surface area contributed by atoms with Gasteiger partial charge in [-0.3, -0.25) is 10.1 Å².